The highest BCUT2D eigenvalue weighted by atomic mass is 19.1. The average Bonchev–Trinajstić information content (AvgIpc) is 2.61. The van der Waals surface area contributed by atoms with Gasteiger partial charge in [-0.2, -0.15) is 5.10 Å². The summed E-state index contributed by atoms with van der Waals surface area (Å²) >= 11 is 0. The van der Waals surface area contributed by atoms with E-state index in [1.807, 2.05) is 11.0 Å². The number of hydrogen-bond donors (Lipinski definition) is 1. The van der Waals surface area contributed by atoms with Crippen molar-refractivity contribution in [1.29, 1.82) is 0 Å². The van der Waals surface area contributed by atoms with Crippen LogP contribution in [-0.2, 0) is 0 Å². The molecule has 4 nitrogen and oxygen atoms in total. The summed E-state index contributed by atoms with van der Waals surface area (Å²) in [5.41, 5.74) is 5.57. The van der Waals surface area contributed by atoms with Gasteiger partial charge in [0, 0.05) is 25.2 Å². The predicted octanol–water partition coefficient (Wildman–Crippen LogP) is 0.352. The number of hydrogen-bond acceptors (Lipinski definition) is 4. The molecule has 0 bridgehead atoms. The first-order valence-electron chi connectivity index (χ1n) is 4.69. The summed E-state index contributed by atoms with van der Waals surface area (Å²) < 4.78 is 13.2. The minimum absolute atomic E-state index is 0.0571. The molecule has 0 amide bonds. The fourth-order valence-corrected chi connectivity index (χ4v) is 1.81. The molecule has 2 rings (SSSR count). The van der Waals surface area contributed by atoms with E-state index >= 15 is 0 Å². The van der Waals surface area contributed by atoms with Crippen LogP contribution in [0, 0.1) is 0 Å². The van der Waals surface area contributed by atoms with Crippen molar-refractivity contribution in [3.05, 3.63) is 18.3 Å². The van der Waals surface area contributed by atoms with Gasteiger partial charge in [-0.1, -0.05) is 0 Å². The molecule has 1 saturated heterocycles. The van der Waals surface area contributed by atoms with E-state index in [0.29, 0.717) is 25.3 Å². The number of anilines is 1. The Hall–Kier alpha value is -1.23. The normalized spacial score (nSPS) is 26.9. The molecular weight excluding hydrogens is 183 g/mol. The number of halogens is 1. The second-order valence-electron chi connectivity index (χ2n) is 3.46. The predicted molar refractivity (Wildman–Crippen MR) is 51.7 cm³/mol. The van der Waals surface area contributed by atoms with Gasteiger partial charge in [0.2, 0.25) is 0 Å². The fraction of sp³-hybridized carbons (Fsp3) is 0.556. The topological polar surface area (TPSA) is 55.0 Å². The molecule has 2 unspecified atom stereocenters. The van der Waals surface area contributed by atoms with Crippen LogP contribution in [0.25, 0.3) is 0 Å². The number of rotatable bonds is 2. The Kier molecular flexibility index (Phi) is 2.58. The van der Waals surface area contributed by atoms with E-state index in [9.17, 15) is 4.39 Å². The maximum atomic E-state index is 13.2. The molecule has 2 N–H and O–H groups in total. The SMILES string of the molecule is NCC1CC(F)CN1c1cccnn1. The van der Waals surface area contributed by atoms with Gasteiger partial charge in [0.05, 0.1) is 6.54 Å². The van der Waals surface area contributed by atoms with Crippen molar-refractivity contribution in [3.63, 3.8) is 0 Å². The number of nitrogens with two attached hydrogens (primary N) is 1. The Morgan fingerprint density at radius 1 is 1.64 bits per heavy atom. The minimum Gasteiger partial charge on any atom is -0.348 e. The fourth-order valence-electron chi connectivity index (χ4n) is 1.81. The molecule has 0 spiro atoms. The lowest BCUT2D eigenvalue weighted by Gasteiger charge is -2.23. The summed E-state index contributed by atoms with van der Waals surface area (Å²) in [6.07, 6.45) is 1.29. The van der Waals surface area contributed by atoms with Gasteiger partial charge in [-0.3, -0.25) is 0 Å². The van der Waals surface area contributed by atoms with Gasteiger partial charge in [0.15, 0.2) is 5.82 Å². The highest BCUT2D eigenvalue weighted by Crippen LogP contribution is 2.24. The van der Waals surface area contributed by atoms with Gasteiger partial charge in [0.25, 0.3) is 0 Å². The van der Waals surface area contributed by atoms with Crippen LogP contribution in [-0.4, -0.2) is 35.5 Å². The van der Waals surface area contributed by atoms with E-state index in [1.165, 1.54) is 0 Å². The average molecular weight is 196 g/mol. The lowest BCUT2D eigenvalue weighted by Crippen LogP contribution is -2.36. The smallest absolute Gasteiger partial charge is 0.151 e. The lowest BCUT2D eigenvalue weighted by atomic mass is 10.2. The zero-order valence-corrected chi connectivity index (χ0v) is 7.81. The molecule has 5 heteroatoms. The van der Waals surface area contributed by atoms with Gasteiger partial charge < -0.3 is 10.6 Å². The van der Waals surface area contributed by atoms with Crippen molar-refractivity contribution in [2.24, 2.45) is 5.73 Å². The van der Waals surface area contributed by atoms with E-state index < -0.39 is 6.17 Å². The van der Waals surface area contributed by atoms with Crippen LogP contribution in [0.2, 0.25) is 0 Å². The second kappa shape index (κ2) is 3.88. The third-order valence-electron chi connectivity index (χ3n) is 2.49. The van der Waals surface area contributed by atoms with Gasteiger partial charge in [-0.15, -0.1) is 5.10 Å². The summed E-state index contributed by atoms with van der Waals surface area (Å²) in [6, 6.07) is 3.68. The van der Waals surface area contributed by atoms with E-state index in [4.69, 9.17) is 5.73 Å². The maximum Gasteiger partial charge on any atom is 0.151 e. The van der Waals surface area contributed by atoms with Crippen LogP contribution in [0.15, 0.2) is 18.3 Å². The van der Waals surface area contributed by atoms with Crippen molar-refractivity contribution in [2.75, 3.05) is 18.0 Å². The van der Waals surface area contributed by atoms with Crippen LogP contribution in [0.3, 0.4) is 0 Å². The van der Waals surface area contributed by atoms with Crippen molar-refractivity contribution in [2.45, 2.75) is 18.6 Å². The van der Waals surface area contributed by atoms with Gasteiger partial charge in [0.1, 0.15) is 6.17 Å². The first kappa shape index (κ1) is 9.33. The minimum atomic E-state index is -0.800. The van der Waals surface area contributed by atoms with Crippen molar-refractivity contribution >= 4 is 5.82 Å². The van der Waals surface area contributed by atoms with Gasteiger partial charge in [-0.25, -0.2) is 4.39 Å². The molecule has 0 saturated carbocycles. The maximum absolute atomic E-state index is 13.2. The largest absolute Gasteiger partial charge is 0.348 e. The molecule has 1 aliphatic rings. The second-order valence-corrected chi connectivity index (χ2v) is 3.46. The lowest BCUT2D eigenvalue weighted by molar-refractivity contribution is 0.356. The molecule has 1 fully saturated rings. The number of nitrogens with zero attached hydrogens (tertiary/aromatic N) is 3. The first-order chi connectivity index (χ1) is 6.81. The molecule has 0 aliphatic carbocycles. The molecule has 1 aromatic heterocycles. The van der Waals surface area contributed by atoms with Crippen LogP contribution >= 0.6 is 0 Å². The molecule has 2 heterocycles. The van der Waals surface area contributed by atoms with Crippen molar-refractivity contribution in [1.82, 2.24) is 10.2 Å². The zero-order valence-electron chi connectivity index (χ0n) is 7.81. The van der Waals surface area contributed by atoms with E-state index in [-0.39, 0.29) is 6.04 Å². The Morgan fingerprint density at radius 2 is 2.50 bits per heavy atom. The Labute approximate surface area is 81.9 Å². The molecule has 0 aromatic carbocycles. The Bertz CT molecular complexity index is 292. The van der Waals surface area contributed by atoms with Gasteiger partial charge in [-0.05, 0) is 12.1 Å². The van der Waals surface area contributed by atoms with Crippen molar-refractivity contribution < 1.29 is 4.39 Å². The molecule has 1 aliphatic heterocycles. The van der Waals surface area contributed by atoms with E-state index in [2.05, 4.69) is 10.2 Å². The third kappa shape index (κ3) is 1.68. The van der Waals surface area contributed by atoms with Crippen LogP contribution in [0.4, 0.5) is 10.2 Å². The molecule has 14 heavy (non-hydrogen) atoms. The summed E-state index contributed by atoms with van der Waals surface area (Å²) in [4.78, 5) is 1.89. The standard InChI is InChI=1S/C9H13FN4/c10-7-4-8(5-11)14(6-7)9-2-1-3-12-13-9/h1-3,7-8H,4-6,11H2. The zero-order chi connectivity index (χ0) is 9.97. The highest BCUT2D eigenvalue weighted by Gasteiger charge is 2.31. The third-order valence-corrected chi connectivity index (χ3v) is 2.49. The highest BCUT2D eigenvalue weighted by molar-refractivity contribution is 5.40. The number of aromatic nitrogens is 2. The van der Waals surface area contributed by atoms with Gasteiger partial charge >= 0.3 is 0 Å². The molecule has 76 valence electrons. The van der Waals surface area contributed by atoms with Crippen LogP contribution in [0.1, 0.15) is 6.42 Å². The van der Waals surface area contributed by atoms with Crippen molar-refractivity contribution in [3.8, 4) is 0 Å². The molecule has 0 radical (unpaired) electrons. The Balaban J connectivity index is 2.18. The summed E-state index contributed by atoms with van der Waals surface area (Å²) in [6.45, 7) is 0.831. The summed E-state index contributed by atoms with van der Waals surface area (Å²) in [5, 5.41) is 7.72. The molecule has 1 aromatic rings. The quantitative estimate of drug-likeness (QED) is 0.741. The first-order valence-corrected chi connectivity index (χ1v) is 4.69. The molecule has 2 atom stereocenters. The van der Waals surface area contributed by atoms with E-state index in [0.717, 1.165) is 0 Å². The van der Waals surface area contributed by atoms with Crippen LogP contribution in [0.5, 0.6) is 0 Å². The summed E-state index contributed by atoms with van der Waals surface area (Å²) in [7, 11) is 0. The Morgan fingerprint density at radius 3 is 3.14 bits per heavy atom. The van der Waals surface area contributed by atoms with E-state index in [1.54, 1.807) is 12.3 Å². The van der Waals surface area contributed by atoms with Crippen LogP contribution < -0.4 is 10.6 Å². The number of alkyl halides is 1. The monoisotopic (exact) mass is 196 g/mol. The molecular formula is C9H13FN4. The summed E-state index contributed by atoms with van der Waals surface area (Å²) in [5.74, 6) is 0.711.